The third kappa shape index (κ3) is 1.44. The summed E-state index contributed by atoms with van der Waals surface area (Å²) < 4.78 is 0. The van der Waals surface area contributed by atoms with Crippen LogP contribution >= 0.6 is 11.6 Å². The molecule has 0 amide bonds. The van der Waals surface area contributed by atoms with E-state index in [2.05, 4.69) is 15.0 Å². The Labute approximate surface area is 81.9 Å². The van der Waals surface area contributed by atoms with E-state index < -0.39 is 0 Å². The van der Waals surface area contributed by atoms with E-state index in [9.17, 15) is 0 Å². The molecule has 0 aromatic carbocycles. The largest absolute Gasteiger partial charge is 0.253 e. The van der Waals surface area contributed by atoms with Gasteiger partial charge >= 0.3 is 0 Å². The molecule has 1 unspecified atom stereocenters. The molecule has 68 valence electrons. The first-order valence-corrected chi connectivity index (χ1v) is 4.69. The van der Waals surface area contributed by atoms with Crippen molar-refractivity contribution >= 4 is 29.0 Å². The van der Waals surface area contributed by atoms with Gasteiger partial charge in [0.25, 0.3) is 0 Å². The Kier molecular flexibility index (Phi) is 2.04. The molecule has 0 saturated heterocycles. The van der Waals surface area contributed by atoms with Crippen LogP contribution in [0.4, 0.5) is 0 Å². The lowest BCUT2D eigenvalue weighted by Gasteiger charge is -2.13. The quantitative estimate of drug-likeness (QED) is 0.573. The minimum atomic E-state index is 0.0254. The summed E-state index contributed by atoms with van der Waals surface area (Å²) in [5.74, 6) is 1.84. The highest BCUT2D eigenvalue weighted by Gasteiger charge is 2.25. The molecule has 0 N–H and O–H groups in total. The molecule has 3 nitrogen and oxygen atoms in total. The predicted octanol–water partition coefficient (Wildman–Crippen LogP) is 1.83. The van der Waals surface area contributed by atoms with Gasteiger partial charge in [0.1, 0.15) is 11.9 Å². The van der Waals surface area contributed by atoms with E-state index in [0.29, 0.717) is 11.7 Å². The maximum atomic E-state index is 5.65. The van der Waals surface area contributed by atoms with Crippen LogP contribution in [0.25, 0.3) is 0 Å². The molecular weight excluding hydrogens is 186 g/mol. The number of nitrogens with zero attached hydrogens (tertiary/aromatic N) is 3. The van der Waals surface area contributed by atoms with Gasteiger partial charge in [-0.15, -0.1) is 11.6 Å². The highest BCUT2D eigenvalue weighted by atomic mass is 35.5. The van der Waals surface area contributed by atoms with E-state index in [1.165, 1.54) is 5.57 Å². The highest BCUT2D eigenvalue weighted by molar-refractivity contribution is 6.30. The monoisotopic (exact) mass is 195 g/mol. The number of rotatable bonds is 1. The molecule has 2 aliphatic rings. The van der Waals surface area contributed by atoms with Crippen molar-refractivity contribution in [3.63, 3.8) is 0 Å². The second-order valence-corrected chi connectivity index (χ2v) is 3.46. The molecule has 0 saturated carbocycles. The molecule has 1 atom stereocenters. The molecule has 0 radical (unpaired) electrons. The number of amidine groups is 2. The van der Waals surface area contributed by atoms with Crippen molar-refractivity contribution < 1.29 is 0 Å². The maximum Gasteiger partial charge on any atom is 0.159 e. The summed E-state index contributed by atoms with van der Waals surface area (Å²) in [6.07, 6.45) is 2.03. The zero-order chi connectivity index (χ0) is 9.42. The van der Waals surface area contributed by atoms with E-state index >= 15 is 0 Å². The van der Waals surface area contributed by atoms with Gasteiger partial charge in [-0.1, -0.05) is 0 Å². The van der Waals surface area contributed by atoms with Crippen molar-refractivity contribution in [3.8, 4) is 0 Å². The summed E-state index contributed by atoms with van der Waals surface area (Å²) in [6.45, 7) is 4.00. The number of hydrogen-bond donors (Lipinski definition) is 0. The van der Waals surface area contributed by atoms with E-state index in [4.69, 9.17) is 11.6 Å². The van der Waals surface area contributed by atoms with E-state index in [0.717, 1.165) is 11.5 Å². The Hall–Kier alpha value is -0.960. The Morgan fingerprint density at radius 1 is 1.38 bits per heavy atom. The van der Waals surface area contributed by atoms with Crippen molar-refractivity contribution in [1.82, 2.24) is 0 Å². The SMILES string of the molecule is CC1=CC(C)=NC2=NC(CCl)=NC12. The van der Waals surface area contributed by atoms with Gasteiger partial charge < -0.3 is 0 Å². The van der Waals surface area contributed by atoms with Crippen LogP contribution in [0.3, 0.4) is 0 Å². The normalized spacial score (nSPS) is 25.9. The fourth-order valence-corrected chi connectivity index (χ4v) is 1.64. The number of aliphatic imine (C=N–C) groups is 3. The molecule has 0 fully saturated rings. The minimum Gasteiger partial charge on any atom is -0.253 e. The number of halogens is 1. The molecule has 0 aromatic heterocycles. The second kappa shape index (κ2) is 3.07. The van der Waals surface area contributed by atoms with Crippen molar-refractivity contribution in [2.75, 3.05) is 5.88 Å². The zero-order valence-corrected chi connectivity index (χ0v) is 8.34. The van der Waals surface area contributed by atoms with Gasteiger partial charge in [-0.05, 0) is 25.5 Å². The standard InChI is InChI=1S/C9H10ClN3/c1-5-3-6(2)11-9-8(5)12-7(4-10)13-9/h3,8H,4H2,1-2H3. The number of fused-ring (bicyclic) bond motifs is 1. The number of alkyl halides is 1. The molecule has 0 aromatic rings. The van der Waals surface area contributed by atoms with Gasteiger partial charge in [-0.25, -0.2) is 9.98 Å². The third-order valence-electron chi connectivity index (χ3n) is 2.04. The molecule has 0 aliphatic carbocycles. The second-order valence-electron chi connectivity index (χ2n) is 3.19. The van der Waals surface area contributed by atoms with E-state index in [1.54, 1.807) is 0 Å². The highest BCUT2D eigenvalue weighted by Crippen LogP contribution is 2.20. The van der Waals surface area contributed by atoms with Crippen LogP contribution in [0.2, 0.25) is 0 Å². The predicted molar refractivity (Wildman–Crippen MR) is 56.2 cm³/mol. The molecule has 0 bridgehead atoms. The third-order valence-corrected chi connectivity index (χ3v) is 2.28. The van der Waals surface area contributed by atoms with E-state index in [-0.39, 0.29) is 6.04 Å². The number of allylic oxidation sites excluding steroid dienone is 1. The lowest BCUT2D eigenvalue weighted by atomic mass is 10.0. The van der Waals surface area contributed by atoms with Crippen molar-refractivity contribution in [2.24, 2.45) is 15.0 Å². The van der Waals surface area contributed by atoms with Crippen molar-refractivity contribution in [1.29, 1.82) is 0 Å². The average Bonchev–Trinajstić information content (AvgIpc) is 2.47. The van der Waals surface area contributed by atoms with Crippen LogP contribution in [-0.4, -0.2) is 29.3 Å². The minimum absolute atomic E-state index is 0.0254. The van der Waals surface area contributed by atoms with Crippen LogP contribution in [0, 0.1) is 0 Å². The van der Waals surface area contributed by atoms with Crippen molar-refractivity contribution in [2.45, 2.75) is 19.9 Å². The summed E-state index contributed by atoms with van der Waals surface area (Å²) in [6, 6.07) is 0.0254. The van der Waals surface area contributed by atoms with Gasteiger partial charge in [0, 0.05) is 5.71 Å². The van der Waals surface area contributed by atoms with Crippen LogP contribution in [0.1, 0.15) is 13.8 Å². The zero-order valence-electron chi connectivity index (χ0n) is 7.58. The summed E-state index contributed by atoms with van der Waals surface area (Å²) in [5, 5.41) is 0. The maximum absolute atomic E-state index is 5.65. The van der Waals surface area contributed by atoms with Gasteiger partial charge in [0.05, 0.1) is 5.88 Å². The van der Waals surface area contributed by atoms with E-state index in [1.807, 2.05) is 19.9 Å². The molecule has 13 heavy (non-hydrogen) atoms. The van der Waals surface area contributed by atoms with Gasteiger partial charge in [0.15, 0.2) is 5.84 Å². The van der Waals surface area contributed by atoms with Crippen LogP contribution in [0.15, 0.2) is 26.6 Å². The first-order chi connectivity index (χ1) is 6.20. The molecule has 2 rings (SSSR count). The molecule has 4 heteroatoms. The van der Waals surface area contributed by atoms with Crippen LogP contribution < -0.4 is 0 Å². The Bertz CT molecular complexity index is 363. The van der Waals surface area contributed by atoms with Crippen LogP contribution in [-0.2, 0) is 0 Å². The molecular formula is C9H10ClN3. The summed E-state index contributed by atoms with van der Waals surface area (Å²) in [7, 11) is 0. The fraction of sp³-hybridized carbons (Fsp3) is 0.444. The Morgan fingerprint density at radius 2 is 2.15 bits per heavy atom. The fourth-order valence-electron chi connectivity index (χ4n) is 1.51. The van der Waals surface area contributed by atoms with Gasteiger partial charge in [0.2, 0.25) is 0 Å². The smallest absolute Gasteiger partial charge is 0.159 e. The summed E-state index contributed by atoms with van der Waals surface area (Å²) in [5.41, 5.74) is 2.17. The van der Waals surface area contributed by atoms with Gasteiger partial charge in [-0.3, -0.25) is 4.99 Å². The lowest BCUT2D eigenvalue weighted by molar-refractivity contribution is 0.999. The van der Waals surface area contributed by atoms with Crippen LogP contribution in [0.5, 0.6) is 0 Å². The first-order valence-electron chi connectivity index (χ1n) is 4.15. The average molecular weight is 196 g/mol. The summed E-state index contributed by atoms with van der Waals surface area (Å²) in [4.78, 5) is 12.9. The first kappa shape index (κ1) is 8.63. The number of dihydropyridines is 1. The Morgan fingerprint density at radius 3 is 2.85 bits per heavy atom. The summed E-state index contributed by atoms with van der Waals surface area (Å²) >= 11 is 5.65. The molecule has 2 heterocycles. The van der Waals surface area contributed by atoms with Gasteiger partial charge in [-0.2, -0.15) is 0 Å². The molecule has 0 spiro atoms. The Balaban J connectivity index is 2.39. The lowest BCUT2D eigenvalue weighted by Crippen LogP contribution is -2.20. The topological polar surface area (TPSA) is 37.1 Å². The molecule has 2 aliphatic heterocycles. The van der Waals surface area contributed by atoms with Crippen molar-refractivity contribution in [3.05, 3.63) is 11.6 Å². The number of hydrogen-bond acceptors (Lipinski definition) is 3.